The summed E-state index contributed by atoms with van der Waals surface area (Å²) in [6, 6.07) is 5.91. The molecule has 0 aliphatic rings. The number of aliphatic imine (C=N–C) groups is 1. The maximum Gasteiger partial charge on any atom is 0.191 e. The van der Waals surface area contributed by atoms with Crippen LogP contribution in [0.5, 0.6) is 11.5 Å². The summed E-state index contributed by atoms with van der Waals surface area (Å²) in [5.41, 5.74) is 2.20. The number of nitrogens with zero attached hydrogens (tertiary/aromatic N) is 2. The van der Waals surface area contributed by atoms with Gasteiger partial charge in [0.05, 0.1) is 31.0 Å². The minimum atomic E-state index is 0. The van der Waals surface area contributed by atoms with E-state index in [-0.39, 0.29) is 24.0 Å². The van der Waals surface area contributed by atoms with Gasteiger partial charge in [0.2, 0.25) is 0 Å². The third-order valence-electron chi connectivity index (χ3n) is 4.00. The summed E-state index contributed by atoms with van der Waals surface area (Å²) in [6.45, 7) is 11.0. The highest BCUT2D eigenvalue weighted by atomic mass is 127. The van der Waals surface area contributed by atoms with E-state index < -0.39 is 0 Å². The predicted octanol–water partition coefficient (Wildman–Crippen LogP) is 4.08. The highest BCUT2D eigenvalue weighted by Gasteiger charge is 2.06. The molecule has 0 amide bonds. The molecule has 6 nitrogen and oxygen atoms in total. The van der Waals surface area contributed by atoms with Crippen molar-refractivity contribution in [3.63, 3.8) is 0 Å². The fourth-order valence-corrected chi connectivity index (χ4v) is 3.47. The van der Waals surface area contributed by atoms with Crippen molar-refractivity contribution in [3.05, 3.63) is 39.3 Å². The van der Waals surface area contributed by atoms with Gasteiger partial charge < -0.3 is 20.1 Å². The first-order chi connectivity index (χ1) is 13.1. The van der Waals surface area contributed by atoms with Gasteiger partial charge >= 0.3 is 0 Å². The molecule has 0 radical (unpaired) electrons. The lowest BCUT2D eigenvalue weighted by Gasteiger charge is -2.12. The lowest BCUT2D eigenvalue weighted by molar-refractivity contribution is 0.310. The van der Waals surface area contributed by atoms with E-state index in [9.17, 15) is 0 Å². The van der Waals surface area contributed by atoms with Gasteiger partial charge in [0.1, 0.15) is 0 Å². The second-order valence-corrected chi connectivity index (χ2v) is 7.33. The molecule has 8 heteroatoms. The van der Waals surface area contributed by atoms with Crippen molar-refractivity contribution in [2.45, 2.75) is 40.7 Å². The van der Waals surface area contributed by atoms with E-state index in [0.717, 1.165) is 53.2 Å². The lowest BCUT2D eigenvalue weighted by Crippen LogP contribution is -2.38. The van der Waals surface area contributed by atoms with Crippen LogP contribution in [0.3, 0.4) is 0 Å². The van der Waals surface area contributed by atoms with Gasteiger partial charge in [-0.1, -0.05) is 6.07 Å². The molecule has 0 fully saturated rings. The van der Waals surface area contributed by atoms with E-state index >= 15 is 0 Å². The van der Waals surface area contributed by atoms with Crippen LogP contribution in [0.2, 0.25) is 0 Å². The van der Waals surface area contributed by atoms with E-state index in [2.05, 4.69) is 41.4 Å². The number of halogens is 1. The van der Waals surface area contributed by atoms with Gasteiger partial charge in [-0.3, -0.25) is 0 Å². The summed E-state index contributed by atoms with van der Waals surface area (Å²) in [5.74, 6) is 2.29. The molecular weight excluding hydrogens is 487 g/mol. The van der Waals surface area contributed by atoms with Crippen LogP contribution in [0.25, 0.3) is 0 Å². The second kappa shape index (κ2) is 12.8. The first-order valence-electron chi connectivity index (χ1n) is 9.32. The van der Waals surface area contributed by atoms with Crippen molar-refractivity contribution in [3.8, 4) is 11.5 Å². The summed E-state index contributed by atoms with van der Waals surface area (Å²) in [4.78, 5) is 10.5. The van der Waals surface area contributed by atoms with Crippen LogP contribution in [-0.2, 0) is 13.0 Å². The van der Waals surface area contributed by atoms with Gasteiger partial charge in [0.25, 0.3) is 0 Å². The van der Waals surface area contributed by atoms with E-state index in [1.807, 2.05) is 25.1 Å². The second-order valence-electron chi connectivity index (χ2n) is 6.04. The van der Waals surface area contributed by atoms with Crippen molar-refractivity contribution in [1.82, 2.24) is 15.6 Å². The molecule has 0 atom stereocenters. The Morgan fingerprint density at radius 1 is 1.18 bits per heavy atom. The number of guanidine groups is 1. The third-order valence-corrected chi connectivity index (χ3v) is 5.13. The zero-order valence-electron chi connectivity index (χ0n) is 17.3. The molecule has 1 heterocycles. The summed E-state index contributed by atoms with van der Waals surface area (Å²) < 4.78 is 11.0. The van der Waals surface area contributed by atoms with E-state index in [0.29, 0.717) is 13.2 Å². The SMILES string of the molecule is CCNC(=NCc1ccc(OC)c(OCC)c1)NCCc1nc(C)c(C)s1.I. The summed E-state index contributed by atoms with van der Waals surface area (Å²) in [5, 5.41) is 7.82. The number of methoxy groups -OCH3 is 1. The van der Waals surface area contributed by atoms with Crippen molar-refractivity contribution < 1.29 is 9.47 Å². The van der Waals surface area contributed by atoms with Crippen molar-refractivity contribution in [1.29, 1.82) is 0 Å². The fourth-order valence-electron chi connectivity index (χ4n) is 2.53. The number of aromatic nitrogens is 1. The van der Waals surface area contributed by atoms with Crippen LogP contribution in [0, 0.1) is 13.8 Å². The molecule has 0 saturated carbocycles. The van der Waals surface area contributed by atoms with Crippen LogP contribution in [0.1, 0.15) is 35.0 Å². The fraction of sp³-hybridized carbons (Fsp3) is 0.500. The molecule has 0 saturated heterocycles. The highest BCUT2D eigenvalue weighted by molar-refractivity contribution is 14.0. The Kier molecular flexibility index (Phi) is 11.2. The normalized spacial score (nSPS) is 11.0. The summed E-state index contributed by atoms with van der Waals surface area (Å²) in [6.07, 6.45) is 0.890. The van der Waals surface area contributed by atoms with Crippen LogP contribution in [-0.4, -0.2) is 37.7 Å². The van der Waals surface area contributed by atoms with E-state index in [4.69, 9.17) is 9.47 Å². The number of hydrogen-bond acceptors (Lipinski definition) is 5. The molecular formula is C20H31IN4O2S. The Bertz CT molecular complexity index is 745. The number of hydrogen-bond donors (Lipinski definition) is 2. The molecule has 1 aromatic carbocycles. The monoisotopic (exact) mass is 518 g/mol. The van der Waals surface area contributed by atoms with Crippen LogP contribution in [0.4, 0.5) is 0 Å². The number of rotatable bonds is 9. The largest absolute Gasteiger partial charge is 0.493 e. The maximum atomic E-state index is 5.64. The predicted molar refractivity (Wildman–Crippen MR) is 128 cm³/mol. The number of aryl methyl sites for hydroxylation is 2. The van der Waals surface area contributed by atoms with Crippen molar-refractivity contribution in [2.24, 2.45) is 4.99 Å². The Morgan fingerprint density at radius 3 is 2.57 bits per heavy atom. The molecule has 28 heavy (non-hydrogen) atoms. The van der Waals surface area contributed by atoms with Gasteiger partial charge in [0.15, 0.2) is 17.5 Å². The maximum absolute atomic E-state index is 5.64. The van der Waals surface area contributed by atoms with Gasteiger partial charge in [-0.05, 0) is 45.4 Å². The molecule has 2 aromatic rings. The lowest BCUT2D eigenvalue weighted by atomic mass is 10.2. The highest BCUT2D eigenvalue weighted by Crippen LogP contribution is 2.28. The van der Waals surface area contributed by atoms with Gasteiger partial charge in [-0.2, -0.15) is 0 Å². The minimum Gasteiger partial charge on any atom is -0.493 e. The summed E-state index contributed by atoms with van der Waals surface area (Å²) >= 11 is 1.76. The molecule has 0 aliphatic carbocycles. The van der Waals surface area contributed by atoms with Gasteiger partial charge in [-0.15, -0.1) is 35.3 Å². The standard InChI is InChI=1S/C20H30N4O2S.HI/c1-6-21-20(22-11-10-19-24-14(3)15(4)27-19)23-13-16-8-9-17(25-5)18(12-16)26-7-2;/h8-9,12H,6-7,10-11,13H2,1-5H3,(H2,21,22,23);1H. The quantitative estimate of drug-likeness (QED) is 0.298. The molecule has 0 bridgehead atoms. The van der Waals surface area contributed by atoms with Crippen LogP contribution < -0.4 is 20.1 Å². The summed E-state index contributed by atoms with van der Waals surface area (Å²) in [7, 11) is 1.65. The molecule has 0 aliphatic heterocycles. The Balaban J connectivity index is 0.00000392. The number of ether oxygens (including phenoxy) is 2. The van der Waals surface area contributed by atoms with E-state index in [1.165, 1.54) is 4.88 Å². The molecule has 1 aromatic heterocycles. The first-order valence-corrected chi connectivity index (χ1v) is 10.1. The average Bonchev–Trinajstić information content (AvgIpc) is 2.98. The number of thiazole rings is 1. The topological polar surface area (TPSA) is 67.8 Å². The Morgan fingerprint density at radius 2 is 1.96 bits per heavy atom. The Hall–Kier alpha value is -1.55. The van der Waals surface area contributed by atoms with Gasteiger partial charge in [0, 0.05) is 24.4 Å². The van der Waals surface area contributed by atoms with Crippen LogP contribution in [0.15, 0.2) is 23.2 Å². The first kappa shape index (κ1) is 24.5. The molecule has 156 valence electrons. The van der Waals surface area contributed by atoms with Crippen molar-refractivity contribution in [2.75, 3.05) is 26.8 Å². The molecule has 2 rings (SSSR count). The van der Waals surface area contributed by atoms with E-state index in [1.54, 1.807) is 18.4 Å². The number of nitrogens with one attached hydrogen (secondary N) is 2. The zero-order valence-corrected chi connectivity index (χ0v) is 20.4. The van der Waals surface area contributed by atoms with Gasteiger partial charge in [-0.25, -0.2) is 9.98 Å². The molecule has 0 spiro atoms. The van der Waals surface area contributed by atoms with Crippen molar-refractivity contribution >= 4 is 41.3 Å². The van der Waals surface area contributed by atoms with Crippen LogP contribution >= 0.6 is 35.3 Å². The third kappa shape index (κ3) is 7.46. The average molecular weight is 518 g/mol. The smallest absolute Gasteiger partial charge is 0.191 e. The minimum absolute atomic E-state index is 0. The molecule has 2 N–H and O–H groups in total. The zero-order chi connectivity index (χ0) is 19.6. The molecule has 0 unspecified atom stereocenters. The Labute approximate surface area is 189 Å². The number of benzene rings is 1.